The van der Waals surface area contributed by atoms with Crippen LogP contribution in [0.15, 0.2) is 46.2 Å². The molecule has 0 unspecified atom stereocenters. The van der Waals surface area contributed by atoms with Gasteiger partial charge in [0.25, 0.3) is 0 Å². The Morgan fingerprint density at radius 1 is 0.826 bits per heavy atom. The van der Waals surface area contributed by atoms with Gasteiger partial charge in [-0.25, -0.2) is 9.59 Å². The van der Waals surface area contributed by atoms with Crippen LogP contribution in [0, 0.1) is 0 Å². The Hall–Kier alpha value is -2.67. The Morgan fingerprint density at radius 3 is 1.57 bits per heavy atom. The average Bonchev–Trinajstić information content (AvgIpc) is 2.56. The van der Waals surface area contributed by atoms with Gasteiger partial charge in [0, 0.05) is 9.79 Å². The summed E-state index contributed by atoms with van der Waals surface area (Å²) in [5.74, 6) is -1.65. The molecule has 2 N–H and O–H groups in total. The molecule has 2 aromatic carbocycles. The molecule has 0 saturated carbocycles. The minimum absolute atomic E-state index is 0.0458. The second-order valence-electron chi connectivity index (χ2n) is 4.44. The molecular weight excluding hydrogens is 320 g/mol. The number of benzene rings is 2. The summed E-state index contributed by atoms with van der Waals surface area (Å²) in [6.45, 7) is 0. The Morgan fingerprint density at radius 2 is 1.22 bits per heavy atom. The Bertz CT molecular complexity index is 693. The van der Waals surface area contributed by atoms with E-state index in [1.165, 1.54) is 50.2 Å². The van der Waals surface area contributed by atoms with Gasteiger partial charge < -0.3 is 19.7 Å². The highest BCUT2D eigenvalue weighted by Crippen LogP contribution is 2.33. The third kappa shape index (κ3) is 3.75. The average molecular weight is 334 g/mol. The van der Waals surface area contributed by atoms with Crippen LogP contribution in [0.5, 0.6) is 11.5 Å². The smallest absolute Gasteiger partial charge is 0.341 e. The van der Waals surface area contributed by atoms with Gasteiger partial charge in [-0.05, 0) is 36.4 Å². The van der Waals surface area contributed by atoms with Crippen molar-refractivity contribution in [1.29, 1.82) is 0 Å². The number of phenols is 2. The summed E-state index contributed by atoms with van der Waals surface area (Å²) >= 11 is 1.25. The molecule has 0 aliphatic heterocycles. The number of phenolic OH excluding ortho intramolecular Hbond substituents is 2. The first-order chi connectivity index (χ1) is 11.0. The lowest BCUT2D eigenvalue weighted by Crippen LogP contribution is -2.02. The van der Waals surface area contributed by atoms with Crippen LogP contribution in [0.25, 0.3) is 0 Å². The topological polar surface area (TPSA) is 93.1 Å². The second-order valence-corrected chi connectivity index (χ2v) is 5.59. The van der Waals surface area contributed by atoms with Crippen LogP contribution in [0.4, 0.5) is 0 Å². The zero-order valence-corrected chi connectivity index (χ0v) is 13.2. The van der Waals surface area contributed by atoms with Gasteiger partial charge in [0.15, 0.2) is 0 Å². The quantitative estimate of drug-likeness (QED) is 0.830. The first-order valence-corrected chi connectivity index (χ1v) is 7.28. The van der Waals surface area contributed by atoms with E-state index in [1.54, 1.807) is 12.1 Å². The van der Waals surface area contributed by atoms with Crippen molar-refractivity contribution in [2.24, 2.45) is 0 Å². The molecule has 0 radical (unpaired) electrons. The molecule has 120 valence electrons. The second kappa shape index (κ2) is 7.06. The van der Waals surface area contributed by atoms with Gasteiger partial charge in [0.2, 0.25) is 0 Å². The molecule has 0 aliphatic rings. The van der Waals surface area contributed by atoms with Crippen molar-refractivity contribution in [1.82, 2.24) is 0 Å². The maximum atomic E-state index is 11.6. The summed E-state index contributed by atoms with van der Waals surface area (Å²) < 4.78 is 9.20. The number of esters is 2. The van der Waals surface area contributed by atoms with Crippen molar-refractivity contribution in [3.05, 3.63) is 47.5 Å². The van der Waals surface area contributed by atoms with Crippen LogP contribution in [0.1, 0.15) is 20.7 Å². The Kier molecular flexibility index (Phi) is 5.13. The molecule has 0 saturated heterocycles. The third-order valence-corrected chi connectivity index (χ3v) is 3.96. The number of ether oxygens (including phenoxy) is 2. The number of aromatic hydroxyl groups is 2. The fourth-order valence-electron chi connectivity index (χ4n) is 1.84. The summed E-state index contributed by atoms with van der Waals surface area (Å²) in [6, 6.07) is 8.98. The molecule has 2 aromatic rings. The number of hydrogen-bond acceptors (Lipinski definition) is 7. The van der Waals surface area contributed by atoms with E-state index < -0.39 is 11.9 Å². The zero-order valence-electron chi connectivity index (χ0n) is 12.4. The maximum absolute atomic E-state index is 11.6. The standard InChI is InChI=1S/C16H14O6S/c1-21-15(19)11-7-9(3-5-13(11)17)23-10-4-6-14(18)12(8-10)16(20)22-2/h3-8,17-18H,1-2H3. The lowest BCUT2D eigenvalue weighted by Gasteiger charge is -2.08. The van der Waals surface area contributed by atoms with E-state index in [0.717, 1.165) is 0 Å². The van der Waals surface area contributed by atoms with E-state index in [-0.39, 0.29) is 22.6 Å². The maximum Gasteiger partial charge on any atom is 0.341 e. The molecule has 0 aromatic heterocycles. The Labute approximate surface area is 136 Å². The summed E-state index contributed by atoms with van der Waals surface area (Å²) in [6.07, 6.45) is 0. The molecule has 0 heterocycles. The Balaban J connectivity index is 2.33. The monoisotopic (exact) mass is 334 g/mol. The SMILES string of the molecule is COC(=O)c1cc(Sc2ccc(O)c(C(=O)OC)c2)ccc1O. The van der Waals surface area contributed by atoms with Gasteiger partial charge in [-0.3, -0.25) is 0 Å². The van der Waals surface area contributed by atoms with Crippen molar-refractivity contribution in [2.75, 3.05) is 14.2 Å². The van der Waals surface area contributed by atoms with Crippen molar-refractivity contribution in [3.63, 3.8) is 0 Å². The molecule has 0 amide bonds. The number of hydrogen-bond donors (Lipinski definition) is 2. The van der Waals surface area contributed by atoms with Gasteiger partial charge in [0.05, 0.1) is 14.2 Å². The fourth-order valence-corrected chi connectivity index (χ4v) is 2.74. The minimum Gasteiger partial charge on any atom is -0.507 e. The number of rotatable bonds is 4. The van der Waals surface area contributed by atoms with Gasteiger partial charge in [-0.1, -0.05) is 11.8 Å². The molecule has 2 rings (SSSR count). The molecular formula is C16H14O6S. The highest BCUT2D eigenvalue weighted by Gasteiger charge is 2.15. The fraction of sp³-hybridized carbons (Fsp3) is 0.125. The largest absolute Gasteiger partial charge is 0.507 e. The van der Waals surface area contributed by atoms with Crippen molar-refractivity contribution < 1.29 is 29.3 Å². The van der Waals surface area contributed by atoms with Gasteiger partial charge in [-0.15, -0.1) is 0 Å². The van der Waals surface area contributed by atoms with Crippen LogP contribution >= 0.6 is 11.8 Å². The summed E-state index contributed by atoms with van der Waals surface area (Å²) in [4.78, 5) is 24.5. The van der Waals surface area contributed by atoms with E-state index in [1.807, 2.05) is 0 Å². The number of methoxy groups -OCH3 is 2. The number of carbonyl (C=O) groups is 2. The van der Waals surface area contributed by atoms with E-state index in [9.17, 15) is 19.8 Å². The molecule has 6 nitrogen and oxygen atoms in total. The van der Waals surface area contributed by atoms with Crippen LogP contribution in [0.3, 0.4) is 0 Å². The normalized spacial score (nSPS) is 10.2. The van der Waals surface area contributed by atoms with Crippen molar-refractivity contribution in [3.8, 4) is 11.5 Å². The zero-order chi connectivity index (χ0) is 17.0. The molecule has 0 aliphatic carbocycles. The summed E-state index contributed by atoms with van der Waals surface area (Å²) in [7, 11) is 2.45. The third-order valence-electron chi connectivity index (χ3n) is 2.98. The van der Waals surface area contributed by atoms with E-state index in [4.69, 9.17) is 0 Å². The van der Waals surface area contributed by atoms with E-state index in [2.05, 4.69) is 9.47 Å². The highest BCUT2D eigenvalue weighted by atomic mass is 32.2. The van der Waals surface area contributed by atoms with E-state index >= 15 is 0 Å². The predicted molar refractivity (Wildman–Crippen MR) is 83.0 cm³/mol. The summed E-state index contributed by atoms with van der Waals surface area (Å²) in [5, 5.41) is 19.4. The minimum atomic E-state index is -0.647. The van der Waals surface area contributed by atoms with Gasteiger partial charge in [0.1, 0.15) is 22.6 Å². The molecule has 0 bridgehead atoms. The van der Waals surface area contributed by atoms with Gasteiger partial charge in [-0.2, -0.15) is 0 Å². The van der Waals surface area contributed by atoms with Crippen LogP contribution in [0.2, 0.25) is 0 Å². The summed E-state index contributed by atoms with van der Waals surface area (Å²) in [5.41, 5.74) is 0.0916. The lowest BCUT2D eigenvalue weighted by molar-refractivity contribution is 0.0588. The van der Waals surface area contributed by atoms with Crippen LogP contribution < -0.4 is 0 Å². The number of carbonyl (C=O) groups excluding carboxylic acids is 2. The molecule has 23 heavy (non-hydrogen) atoms. The van der Waals surface area contributed by atoms with Gasteiger partial charge >= 0.3 is 11.9 Å². The lowest BCUT2D eigenvalue weighted by atomic mass is 10.2. The van der Waals surface area contributed by atoms with Crippen LogP contribution in [-0.2, 0) is 9.47 Å². The van der Waals surface area contributed by atoms with E-state index in [0.29, 0.717) is 9.79 Å². The molecule has 0 spiro atoms. The van der Waals surface area contributed by atoms with Crippen LogP contribution in [-0.4, -0.2) is 36.4 Å². The first kappa shape index (κ1) is 16.7. The molecule has 0 fully saturated rings. The van der Waals surface area contributed by atoms with Crippen molar-refractivity contribution >= 4 is 23.7 Å². The predicted octanol–water partition coefficient (Wildman–Crippen LogP) is 2.82. The highest BCUT2D eigenvalue weighted by molar-refractivity contribution is 7.99. The molecule has 0 atom stereocenters. The first-order valence-electron chi connectivity index (χ1n) is 6.46. The molecule has 7 heteroatoms. The van der Waals surface area contributed by atoms with Crippen molar-refractivity contribution in [2.45, 2.75) is 9.79 Å².